The van der Waals surface area contributed by atoms with E-state index in [0.29, 0.717) is 5.03 Å². The van der Waals surface area contributed by atoms with Gasteiger partial charge < -0.3 is 0 Å². The molecule has 0 fully saturated rings. The van der Waals surface area contributed by atoms with Crippen molar-refractivity contribution in [3.05, 3.63) is 40.9 Å². The van der Waals surface area contributed by atoms with Gasteiger partial charge in [0.1, 0.15) is 0 Å². The first-order valence-electron chi connectivity index (χ1n) is 5.03. The molecule has 0 radical (unpaired) electrons. The van der Waals surface area contributed by atoms with Crippen LogP contribution in [0.1, 0.15) is 12.5 Å². The molecule has 0 aliphatic heterocycles. The molecular formula is C12H10ClF3N2. The molecule has 1 rings (SSSR count). The monoisotopic (exact) mass is 274 g/mol. The minimum absolute atomic E-state index is 0.0515. The average Bonchev–Trinajstić information content (AvgIpc) is 2.34. The molecular weight excluding hydrogens is 265 g/mol. The molecule has 1 aromatic rings. The number of halogens is 4. The fourth-order valence-corrected chi connectivity index (χ4v) is 1.40. The predicted molar refractivity (Wildman–Crippen MR) is 64.0 cm³/mol. The number of nitrogens with zero attached hydrogens (tertiary/aromatic N) is 2. The van der Waals surface area contributed by atoms with Crippen LogP contribution in [0.4, 0.5) is 18.9 Å². The Bertz CT molecular complexity index is 489. The number of hydrogen-bond acceptors (Lipinski definition) is 2. The molecule has 1 aromatic carbocycles. The molecule has 96 valence electrons. The second kappa shape index (κ2) is 5.78. The van der Waals surface area contributed by atoms with E-state index in [2.05, 4.69) is 0 Å². The van der Waals surface area contributed by atoms with Crippen LogP contribution in [0.3, 0.4) is 0 Å². The van der Waals surface area contributed by atoms with Gasteiger partial charge in [0.2, 0.25) is 0 Å². The summed E-state index contributed by atoms with van der Waals surface area (Å²) in [6, 6.07) is 4.56. The van der Waals surface area contributed by atoms with E-state index >= 15 is 0 Å². The Labute approximate surface area is 108 Å². The zero-order valence-electron chi connectivity index (χ0n) is 9.50. The summed E-state index contributed by atoms with van der Waals surface area (Å²) in [4.78, 5) is 1.09. The lowest BCUT2D eigenvalue weighted by Crippen LogP contribution is -2.18. The molecule has 6 heteroatoms. The maximum atomic E-state index is 12.5. The molecule has 0 aromatic heterocycles. The third kappa shape index (κ3) is 3.67. The molecule has 0 saturated heterocycles. The van der Waals surface area contributed by atoms with E-state index in [1.807, 2.05) is 0 Å². The number of anilines is 1. The van der Waals surface area contributed by atoms with Gasteiger partial charge in [-0.15, -0.1) is 0 Å². The van der Waals surface area contributed by atoms with Gasteiger partial charge in [-0.25, -0.2) is 0 Å². The second-order valence-electron chi connectivity index (χ2n) is 3.47. The first-order valence-corrected chi connectivity index (χ1v) is 5.41. The molecule has 0 bridgehead atoms. The minimum Gasteiger partial charge on any atom is -0.274 e. The highest BCUT2D eigenvalue weighted by molar-refractivity contribution is 6.30. The van der Waals surface area contributed by atoms with E-state index in [9.17, 15) is 13.2 Å². The van der Waals surface area contributed by atoms with Gasteiger partial charge >= 0.3 is 6.18 Å². The molecule has 0 heterocycles. The molecule has 18 heavy (non-hydrogen) atoms. The van der Waals surface area contributed by atoms with Gasteiger partial charge in [-0.05, 0) is 25.1 Å². The lowest BCUT2D eigenvalue weighted by molar-refractivity contribution is -0.137. The Morgan fingerprint density at radius 2 is 2.17 bits per heavy atom. The average molecular weight is 275 g/mol. The molecule has 2 nitrogen and oxygen atoms in total. The Morgan fingerprint density at radius 3 is 2.67 bits per heavy atom. The minimum atomic E-state index is -4.43. The van der Waals surface area contributed by atoms with Crippen molar-refractivity contribution in [3.8, 4) is 6.19 Å². The van der Waals surface area contributed by atoms with Gasteiger partial charge in [-0.3, -0.25) is 4.90 Å². The van der Waals surface area contributed by atoms with Crippen LogP contribution < -0.4 is 4.90 Å². The summed E-state index contributed by atoms with van der Waals surface area (Å²) in [5.74, 6) is 0. The van der Waals surface area contributed by atoms with Crippen LogP contribution in [0.2, 0.25) is 0 Å². The lowest BCUT2D eigenvalue weighted by atomic mass is 10.2. The number of benzene rings is 1. The van der Waals surface area contributed by atoms with Crippen molar-refractivity contribution >= 4 is 17.3 Å². The van der Waals surface area contributed by atoms with Crippen LogP contribution in [0.5, 0.6) is 0 Å². The zero-order valence-corrected chi connectivity index (χ0v) is 10.3. The molecule has 0 unspecified atom stereocenters. The maximum absolute atomic E-state index is 12.5. The van der Waals surface area contributed by atoms with Gasteiger partial charge in [-0.2, -0.15) is 18.4 Å². The predicted octanol–water partition coefficient (Wildman–Crippen LogP) is 4.14. The van der Waals surface area contributed by atoms with Crippen molar-refractivity contribution in [1.29, 1.82) is 5.26 Å². The van der Waals surface area contributed by atoms with Gasteiger partial charge in [-0.1, -0.05) is 23.7 Å². The second-order valence-corrected chi connectivity index (χ2v) is 3.96. The number of rotatable bonds is 3. The van der Waals surface area contributed by atoms with Crippen molar-refractivity contribution < 1.29 is 13.2 Å². The number of nitriles is 1. The molecule has 0 N–H and O–H groups in total. The van der Waals surface area contributed by atoms with Crippen LogP contribution in [-0.4, -0.2) is 6.54 Å². The lowest BCUT2D eigenvalue weighted by Gasteiger charge is -2.16. The van der Waals surface area contributed by atoms with Crippen molar-refractivity contribution in [3.63, 3.8) is 0 Å². The topological polar surface area (TPSA) is 27.0 Å². The largest absolute Gasteiger partial charge is 0.416 e. The smallest absolute Gasteiger partial charge is 0.274 e. The standard InChI is InChI=1S/C12H10ClF3N2/c1-2-10(13)7-18(8-17)11-5-3-4-9(6-11)12(14,15)16/h2-6H,7H2,1H3/b10-2-. The Balaban J connectivity index is 3.05. The fourth-order valence-electron chi connectivity index (χ4n) is 1.28. The summed E-state index contributed by atoms with van der Waals surface area (Å²) in [6.45, 7) is 1.74. The normalized spacial score (nSPS) is 12.1. The molecule has 0 amide bonds. The van der Waals surface area contributed by atoms with E-state index < -0.39 is 11.7 Å². The SMILES string of the molecule is C/C=C(\Cl)CN(C#N)c1cccc(C(F)(F)F)c1. The van der Waals surface area contributed by atoms with E-state index in [4.69, 9.17) is 16.9 Å². The highest BCUT2D eigenvalue weighted by atomic mass is 35.5. The van der Waals surface area contributed by atoms with Crippen LogP contribution >= 0.6 is 11.6 Å². The summed E-state index contributed by atoms with van der Waals surface area (Å²) in [5, 5.41) is 9.31. The van der Waals surface area contributed by atoms with Gasteiger partial charge in [0.25, 0.3) is 0 Å². The van der Waals surface area contributed by atoms with Crippen molar-refractivity contribution in [1.82, 2.24) is 0 Å². The molecule has 0 spiro atoms. The number of alkyl halides is 3. The van der Waals surface area contributed by atoms with E-state index in [-0.39, 0.29) is 12.2 Å². The van der Waals surface area contributed by atoms with Crippen LogP contribution in [-0.2, 0) is 6.18 Å². The first kappa shape index (κ1) is 14.4. The van der Waals surface area contributed by atoms with E-state index in [1.165, 1.54) is 12.1 Å². The van der Waals surface area contributed by atoms with E-state index in [0.717, 1.165) is 17.0 Å². The van der Waals surface area contributed by atoms with Gasteiger partial charge in [0.15, 0.2) is 6.19 Å². The van der Waals surface area contributed by atoms with Crippen LogP contribution in [0.25, 0.3) is 0 Å². The van der Waals surface area contributed by atoms with Crippen molar-refractivity contribution in [2.24, 2.45) is 0 Å². The third-order valence-electron chi connectivity index (χ3n) is 2.23. The van der Waals surface area contributed by atoms with Crippen molar-refractivity contribution in [2.45, 2.75) is 13.1 Å². The van der Waals surface area contributed by atoms with Gasteiger partial charge in [0.05, 0.1) is 17.8 Å². The van der Waals surface area contributed by atoms with Gasteiger partial charge in [0, 0.05) is 5.03 Å². The third-order valence-corrected chi connectivity index (χ3v) is 2.57. The van der Waals surface area contributed by atoms with Crippen molar-refractivity contribution in [2.75, 3.05) is 11.4 Å². The molecule has 0 aliphatic carbocycles. The van der Waals surface area contributed by atoms with Crippen LogP contribution in [0, 0.1) is 11.5 Å². The fraction of sp³-hybridized carbons (Fsp3) is 0.250. The number of allylic oxidation sites excluding steroid dienone is 1. The van der Waals surface area contributed by atoms with Crippen LogP contribution in [0.15, 0.2) is 35.4 Å². The number of hydrogen-bond donors (Lipinski definition) is 0. The first-order chi connectivity index (χ1) is 8.38. The molecule has 0 aliphatic rings. The molecule has 0 atom stereocenters. The quantitative estimate of drug-likeness (QED) is 0.612. The van der Waals surface area contributed by atoms with E-state index in [1.54, 1.807) is 19.2 Å². The Kier molecular flexibility index (Phi) is 4.62. The molecule has 0 saturated carbocycles. The Hall–Kier alpha value is -1.67. The summed E-state index contributed by atoms with van der Waals surface area (Å²) in [7, 11) is 0. The summed E-state index contributed by atoms with van der Waals surface area (Å²) in [5.41, 5.74) is -0.635. The summed E-state index contributed by atoms with van der Waals surface area (Å²) < 4.78 is 37.6. The highest BCUT2D eigenvalue weighted by Gasteiger charge is 2.30. The highest BCUT2D eigenvalue weighted by Crippen LogP contribution is 2.31. The summed E-state index contributed by atoms with van der Waals surface area (Å²) >= 11 is 5.76. The summed E-state index contributed by atoms with van der Waals surface area (Å²) in [6.07, 6.45) is -1.04. The maximum Gasteiger partial charge on any atom is 0.416 e. The Morgan fingerprint density at radius 1 is 1.50 bits per heavy atom. The zero-order chi connectivity index (χ0) is 13.8.